The van der Waals surface area contributed by atoms with Gasteiger partial charge < -0.3 is 9.72 Å². The molecule has 0 amide bonds. The Morgan fingerprint density at radius 1 is 1.50 bits per heavy atom. The first-order valence-electron chi connectivity index (χ1n) is 5.52. The van der Waals surface area contributed by atoms with Gasteiger partial charge in [-0.3, -0.25) is 14.9 Å². The maximum absolute atomic E-state index is 11.4. The summed E-state index contributed by atoms with van der Waals surface area (Å²) in [6, 6.07) is 4.77. The van der Waals surface area contributed by atoms with Crippen molar-refractivity contribution in [3.8, 4) is 0 Å². The molecule has 0 spiro atoms. The van der Waals surface area contributed by atoms with Crippen LogP contribution in [0.15, 0.2) is 24.4 Å². The first-order chi connectivity index (χ1) is 8.63. The minimum atomic E-state index is -0.451. The molecular formula is C12H12N2O4. The van der Waals surface area contributed by atoms with Crippen LogP contribution in [0.3, 0.4) is 0 Å². The molecule has 2 aromatic rings. The fourth-order valence-electron chi connectivity index (χ4n) is 1.86. The number of aromatic nitrogens is 1. The highest BCUT2D eigenvalue weighted by molar-refractivity contribution is 5.92. The molecule has 94 valence electrons. The van der Waals surface area contributed by atoms with E-state index < -0.39 is 4.92 Å². The normalized spacial score (nSPS) is 10.5. The number of fused-ring (bicyclic) bond motifs is 1. The third kappa shape index (κ3) is 2.17. The zero-order valence-electron chi connectivity index (χ0n) is 9.80. The third-order valence-electron chi connectivity index (χ3n) is 2.62. The van der Waals surface area contributed by atoms with Crippen LogP contribution >= 0.6 is 0 Å². The van der Waals surface area contributed by atoms with Crippen molar-refractivity contribution in [3.05, 3.63) is 40.1 Å². The molecular weight excluding hydrogens is 236 g/mol. The molecule has 0 saturated heterocycles. The number of non-ortho nitro benzene ring substituents is 1. The lowest BCUT2D eigenvalue weighted by Gasteiger charge is -2.00. The van der Waals surface area contributed by atoms with E-state index in [-0.39, 0.29) is 18.1 Å². The van der Waals surface area contributed by atoms with Crippen LogP contribution in [0, 0.1) is 10.1 Å². The van der Waals surface area contributed by atoms with E-state index in [2.05, 4.69) is 4.98 Å². The van der Waals surface area contributed by atoms with Crippen LogP contribution in [0.25, 0.3) is 10.9 Å². The predicted octanol–water partition coefficient (Wildman–Crippen LogP) is 2.18. The number of benzene rings is 1. The summed E-state index contributed by atoms with van der Waals surface area (Å²) in [5.74, 6) is -0.343. The molecule has 0 bridgehead atoms. The van der Waals surface area contributed by atoms with Gasteiger partial charge in [-0.1, -0.05) is 12.1 Å². The number of nitro groups is 1. The lowest BCUT2D eigenvalue weighted by atomic mass is 10.1. The number of para-hydroxylation sites is 1. The molecule has 1 aromatic carbocycles. The molecule has 1 N–H and O–H groups in total. The lowest BCUT2D eigenvalue weighted by molar-refractivity contribution is -0.383. The van der Waals surface area contributed by atoms with Crippen molar-refractivity contribution in [2.24, 2.45) is 0 Å². The highest BCUT2D eigenvalue weighted by Gasteiger charge is 2.16. The molecule has 0 saturated carbocycles. The lowest BCUT2D eigenvalue weighted by Crippen LogP contribution is -2.06. The molecule has 0 aliphatic carbocycles. The number of nitrogens with one attached hydrogen (secondary N) is 1. The largest absolute Gasteiger partial charge is 0.466 e. The van der Waals surface area contributed by atoms with Gasteiger partial charge in [-0.05, 0) is 12.5 Å². The second-order valence-electron chi connectivity index (χ2n) is 3.75. The Morgan fingerprint density at radius 3 is 2.94 bits per heavy atom. The highest BCUT2D eigenvalue weighted by atomic mass is 16.6. The maximum Gasteiger partial charge on any atom is 0.310 e. The van der Waals surface area contributed by atoms with E-state index in [9.17, 15) is 14.9 Å². The predicted molar refractivity (Wildman–Crippen MR) is 65.3 cm³/mol. The molecule has 0 aliphatic rings. The van der Waals surface area contributed by atoms with E-state index >= 15 is 0 Å². The Hall–Kier alpha value is -2.37. The number of nitrogens with zero attached hydrogens (tertiary/aromatic N) is 1. The van der Waals surface area contributed by atoms with Crippen LogP contribution in [-0.2, 0) is 16.0 Å². The first kappa shape index (κ1) is 12.1. The molecule has 2 rings (SSSR count). The molecule has 0 aliphatic heterocycles. The van der Waals surface area contributed by atoms with Crippen LogP contribution in [0.4, 0.5) is 5.69 Å². The second-order valence-corrected chi connectivity index (χ2v) is 3.75. The molecule has 6 heteroatoms. The van der Waals surface area contributed by atoms with Crippen LogP contribution in [-0.4, -0.2) is 22.5 Å². The molecule has 0 unspecified atom stereocenters. The van der Waals surface area contributed by atoms with Gasteiger partial charge in [0, 0.05) is 17.6 Å². The van der Waals surface area contributed by atoms with Gasteiger partial charge in [0.25, 0.3) is 5.69 Å². The van der Waals surface area contributed by atoms with Crippen LogP contribution in [0.2, 0.25) is 0 Å². The Balaban J connectivity index is 2.40. The minimum Gasteiger partial charge on any atom is -0.466 e. The van der Waals surface area contributed by atoms with E-state index in [0.29, 0.717) is 23.1 Å². The Kier molecular flexibility index (Phi) is 3.27. The number of ether oxygens (including phenoxy) is 1. The van der Waals surface area contributed by atoms with E-state index in [1.807, 2.05) is 0 Å². The van der Waals surface area contributed by atoms with E-state index in [1.165, 1.54) is 6.07 Å². The molecule has 0 radical (unpaired) electrons. The van der Waals surface area contributed by atoms with Crippen LogP contribution in [0.1, 0.15) is 12.5 Å². The summed E-state index contributed by atoms with van der Waals surface area (Å²) < 4.78 is 4.86. The summed E-state index contributed by atoms with van der Waals surface area (Å²) in [6.45, 7) is 2.05. The first-order valence-corrected chi connectivity index (χ1v) is 5.52. The third-order valence-corrected chi connectivity index (χ3v) is 2.62. The number of hydrogen-bond acceptors (Lipinski definition) is 4. The molecule has 0 atom stereocenters. The smallest absolute Gasteiger partial charge is 0.310 e. The number of carbonyl (C=O) groups excluding carboxylic acids is 1. The number of aromatic amines is 1. The summed E-state index contributed by atoms with van der Waals surface area (Å²) >= 11 is 0. The zero-order chi connectivity index (χ0) is 13.1. The summed E-state index contributed by atoms with van der Waals surface area (Å²) in [6.07, 6.45) is 1.71. The standard InChI is InChI=1S/C12H12N2O4/c1-2-18-11(15)6-8-7-13-12-9(8)4-3-5-10(12)14(16)17/h3-5,7,13H,2,6H2,1H3. The van der Waals surface area contributed by atoms with Crippen molar-refractivity contribution in [1.29, 1.82) is 0 Å². The van der Waals surface area contributed by atoms with E-state index in [4.69, 9.17) is 4.74 Å². The topological polar surface area (TPSA) is 85.2 Å². The SMILES string of the molecule is CCOC(=O)Cc1c[nH]c2c([N+](=O)[O-])cccc12. The number of esters is 1. The molecule has 6 nitrogen and oxygen atoms in total. The van der Waals surface area contributed by atoms with E-state index in [1.54, 1.807) is 25.3 Å². The van der Waals surface area contributed by atoms with Crippen molar-refractivity contribution in [2.75, 3.05) is 6.61 Å². The van der Waals surface area contributed by atoms with Crippen LogP contribution < -0.4 is 0 Å². The van der Waals surface area contributed by atoms with Gasteiger partial charge in [0.1, 0.15) is 5.52 Å². The second kappa shape index (κ2) is 4.87. The quantitative estimate of drug-likeness (QED) is 0.510. The minimum absolute atomic E-state index is 0.00242. The number of nitro benzene ring substituents is 1. The van der Waals surface area contributed by atoms with Crippen molar-refractivity contribution in [3.63, 3.8) is 0 Å². The summed E-state index contributed by atoms with van der Waals surface area (Å²) in [7, 11) is 0. The van der Waals surface area contributed by atoms with Gasteiger partial charge in [-0.15, -0.1) is 0 Å². The molecule has 0 fully saturated rings. The van der Waals surface area contributed by atoms with Crippen molar-refractivity contribution in [2.45, 2.75) is 13.3 Å². The maximum atomic E-state index is 11.4. The Labute approximate surface area is 103 Å². The number of H-pyrrole nitrogens is 1. The fraction of sp³-hybridized carbons (Fsp3) is 0.250. The average Bonchev–Trinajstić information content (AvgIpc) is 2.72. The number of hydrogen-bond donors (Lipinski definition) is 1. The zero-order valence-corrected chi connectivity index (χ0v) is 9.80. The number of rotatable bonds is 4. The van der Waals surface area contributed by atoms with Crippen LogP contribution in [0.5, 0.6) is 0 Å². The van der Waals surface area contributed by atoms with Gasteiger partial charge in [0.15, 0.2) is 0 Å². The summed E-state index contributed by atoms with van der Waals surface area (Å²) in [4.78, 5) is 24.6. The average molecular weight is 248 g/mol. The molecule has 18 heavy (non-hydrogen) atoms. The van der Waals surface area contributed by atoms with Crippen molar-refractivity contribution < 1.29 is 14.5 Å². The van der Waals surface area contributed by atoms with Gasteiger partial charge in [-0.25, -0.2) is 0 Å². The molecule has 1 heterocycles. The van der Waals surface area contributed by atoms with Gasteiger partial charge in [0.2, 0.25) is 0 Å². The highest BCUT2D eigenvalue weighted by Crippen LogP contribution is 2.27. The number of carbonyl (C=O) groups is 1. The van der Waals surface area contributed by atoms with Gasteiger partial charge >= 0.3 is 5.97 Å². The fourth-order valence-corrected chi connectivity index (χ4v) is 1.86. The Bertz CT molecular complexity index is 603. The van der Waals surface area contributed by atoms with E-state index in [0.717, 1.165) is 0 Å². The van der Waals surface area contributed by atoms with Gasteiger partial charge in [0.05, 0.1) is 18.0 Å². The monoisotopic (exact) mass is 248 g/mol. The van der Waals surface area contributed by atoms with Gasteiger partial charge in [-0.2, -0.15) is 0 Å². The summed E-state index contributed by atoms with van der Waals surface area (Å²) in [5.41, 5.74) is 1.14. The summed E-state index contributed by atoms with van der Waals surface area (Å²) in [5, 5.41) is 11.5. The van der Waals surface area contributed by atoms with Crippen molar-refractivity contribution in [1.82, 2.24) is 4.98 Å². The Morgan fingerprint density at radius 2 is 2.28 bits per heavy atom. The van der Waals surface area contributed by atoms with Crippen molar-refractivity contribution >= 4 is 22.6 Å². The molecule has 1 aromatic heterocycles.